The number of carbonyl (C=O) groups excluding carboxylic acids is 4. The van der Waals surface area contributed by atoms with Crippen molar-refractivity contribution in [1.82, 2.24) is 30.0 Å². The molecule has 14 nitrogen and oxygen atoms in total. The Morgan fingerprint density at radius 2 is 1.74 bits per heavy atom. The molecule has 0 spiro atoms. The van der Waals surface area contributed by atoms with Crippen LogP contribution in [0.3, 0.4) is 0 Å². The van der Waals surface area contributed by atoms with Gasteiger partial charge in [-0.1, -0.05) is 30.3 Å². The average molecular weight is 681 g/mol. The molecule has 0 saturated carbocycles. The topological polar surface area (TPSA) is 160 Å². The van der Waals surface area contributed by atoms with Crippen molar-refractivity contribution < 1.29 is 19.2 Å². The van der Waals surface area contributed by atoms with E-state index < -0.39 is 5.91 Å². The molecule has 7 rings (SSSR count). The van der Waals surface area contributed by atoms with Crippen molar-refractivity contribution in [2.45, 2.75) is 50.6 Å². The first-order valence-electron chi connectivity index (χ1n) is 17.5. The van der Waals surface area contributed by atoms with Crippen molar-refractivity contribution in [1.29, 1.82) is 0 Å². The molecule has 3 aromatic rings. The van der Waals surface area contributed by atoms with Gasteiger partial charge in [0.15, 0.2) is 11.5 Å². The number of carbonyl (C=O) groups is 4. The fraction of sp³-hybridized carbons (Fsp3) is 0.444. The maximum absolute atomic E-state index is 12.6. The number of hydrogen-bond donors (Lipinski definition) is 3. The van der Waals surface area contributed by atoms with Crippen molar-refractivity contribution in [3.63, 3.8) is 0 Å². The Kier molecular flexibility index (Phi) is 9.52. The van der Waals surface area contributed by atoms with Gasteiger partial charge in [0, 0.05) is 64.1 Å². The summed E-state index contributed by atoms with van der Waals surface area (Å²) in [5, 5.41) is 5.71. The predicted molar refractivity (Wildman–Crippen MR) is 189 cm³/mol. The largest absolute Gasteiger partial charge is 0.364 e. The smallest absolute Gasteiger partial charge is 0.328 e. The summed E-state index contributed by atoms with van der Waals surface area (Å²) in [6.45, 7) is 5.87. The number of primary amides is 1. The highest BCUT2D eigenvalue weighted by molar-refractivity contribution is 6.05. The monoisotopic (exact) mass is 680 g/mol. The number of likely N-dealkylation sites (tertiary alicyclic amines) is 1. The number of para-hydroxylation sites is 1. The number of amides is 6. The van der Waals surface area contributed by atoms with Gasteiger partial charge >= 0.3 is 12.1 Å². The minimum atomic E-state index is -0.658. The molecule has 4 saturated heterocycles. The lowest BCUT2D eigenvalue weighted by molar-refractivity contribution is -0.120. The van der Waals surface area contributed by atoms with Crippen LogP contribution < -0.4 is 26.2 Å². The summed E-state index contributed by atoms with van der Waals surface area (Å²) >= 11 is 0. The molecular weight excluding hydrogens is 636 g/mol. The van der Waals surface area contributed by atoms with Gasteiger partial charge in [-0.15, -0.1) is 0 Å². The molecule has 4 N–H and O–H groups in total. The van der Waals surface area contributed by atoms with Crippen LogP contribution in [0.1, 0.15) is 59.6 Å². The van der Waals surface area contributed by atoms with E-state index in [1.165, 1.54) is 5.56 Å². The fourth-order valence-electron chi connectivity index (χ4n) is 7.57. The van der Waals surface area contributed by atoms with Crippen LogP contribution >= 0.6 is 0 Å². The minimum Gasteiger partial charge on any atom is -0.364 e. The van der Waals surface area contributed by atoms with E-state index in [1.54, 1.807) is 16.0 Å². The molecule has 50 heavy (non-hydrogen) atoms. The van der Waals surface area contributed by atoms with E-state index in [2.05, 4.69) is 43.6 Å². The van der Waals surface area contributed by atoms with Crippen LogP contribution in [0.5, 0.6) is 0 Å². The minimum absolute atomic E-state index is 0.0644. The van der Waals surface area contributed by atoms with Crippen LogP contribution in [-0.2, 0) is 11.3 Å². The molecule has 14 heteroatoms. The second-order valence-corrected chi connectivity index (χ2v) is 13.6. The number of rotatable bonds is 9. The van der Waals surface area contributed by atoms with Gasteiger partial charge in [-0.05, 0) is 74.0 Å². The average Bonchev–Trinajstić information content (AvgIpc) is 3.46. The molecule has 1 atom stereocenters. The van der Waals surface area contributed by atoms with Gasteiger partial charge < -0.3 is 25.8 Å². The lowest BCUT2D eigenvalue weighted by Crippen LogP contribution is -2.50. The lowest BCUT2D eigenvalue weighted by Gasteiger charge is -2.37. The van der Waals surface area contributed by atoms with Crippen LogP contribution in [0.4, 0.5) is 32.6 Å². The molecule has 0 unspecified atom stereocenters. The first-order chi connectivity index (χ1) is 24.2. The number of aromatic nitrogens is 2. The molecule has 6 amide bonds. The van der Waals surface area contributed by atoms with Crippen LogP contribution in [-0.4, -0.2) is 107 Å². The van der Waals surface area contributed by atoms with E-state index in [9.17, 15) is 19.2 Å². The molecule has 0 radical (unpaired) electrons. The van der Waals surface area contributed by atoms with Crippen molar-refractivity contribution in [2.24, 2.45) is 5.73 Å². The lowest BCUT2D eigenvalue weighted by atomic mass is 9.89. The Labute approximate surface area is 291 Å². The Hall–Kier alpha value is -5.24. The van der Waals surface area contributed by atoms with Gasteiger partial charge in [-0.2, -0.15) is 0 Å². The number of piperidine rings is 2. The Bertz CT molecular complexity index is 1760. The summed E-state index contributed by atoms with van der Waals surface area (Å²) in [7, 11) is 1.83. The Morgan fingerprint density at radius 1 is 0.960 bits per heavy atom. The van der Waals surface area contributed by atoms with Gasteiger partial charge in [-0.25, -0.2) is 19.6 Å². The van der Waals surface area contributed by atoms with Crippen LogP contribution in [0.15, 0.2) is 54.7 Å². The summed E-state index contributed by atoms with van der Waals surface area (Å²) in [6.07, 6.45) is 5.76. The molecule has 0 bridgehead atoms. The summed E-state index contributed by atoms with van der Waals surface area (Å²) in [6, 6.07) is 15.9. The summed E-state index contributed by atoms with van der Waals surface area (Å²) in [5.74, 6) is 0.467. The number of urea groups is 2. The van der Waals surface area contributed by atoms with Crippen LogP contribution in [0.25, 0.3) is 0 Å². The highest BCUT2D eigenvalue weighted by atomic mass is 16.2. The third-order valence-corrected chi connectivity index (χ3v) is 10.4. The molecule has 4 aliphatic heterocycles. The quantitative estimate of drug-likeness (QED) is 0.308. The molecule has 0 aliphatic carbocycles. The first kappa shape index (κ1) is 33.3. The van der Waals surface area contributed by atoms with E-state index in [1.807, 2.05) is 42.3 Å². The van der Waals surface area contributed by atoms with Crippen molar-refractivity contribution in [3.8, 4) is 0 Å². The number of hydrogen-bond acceptors (Lipinski definition) is 9. The van der Waals surface area contributed by atoms with Crippen molar-refractivity contribution >= 4 is 46.9 Å². The van der Waals surface area contributed by atoms with E-state index >= 15 is 0 Å². The number of imide groups is 1. The molecule has 5 heterocycles. The van der Waals surface area contributed by atoms with Crippen molar-refractivity contribution in [3.05, 3.63) is 71.5 Å². The predicted octanol–water partition coefficient (Wildman–Crippen LogP) is 3.48. The van der Waals surface area contributed by atoms with Gasteiger partial charge in [0.2, 0.25) is 5.91 Å². The third-order valence-electron chi connectivity index (χ3n) is 10.4. The zero-order valence-electron chi connectivity index (χ0n) is 28.4. The van der Waals surface area contributed by atoms with Crippen LogP contribution in [0.2, 0.25) is 0 Å². The molecule has 262 valence electrons. The highest BCUT2D eigenvalue weighted by Gasteiger charge is 2.35. The number of nitrogens with one attached hydrogen (secondary N) is 2. The zero-order valence-corrected chi connectivity index (χ0v) is 28.4. The number of likely N-dealkylation sites (N-methyl/N-ethyl adjacent to an activating group) is 1. The Morgan fingerprint density at radius 3 is 2.46 bits per heavy atom. The summed E-state index contributed by atoms with van der Waals surface area (Å²) in [5.41, 5.74) is 9.72. The van der Waals surface area contributed by atoms with E-state index in [-0.39, 0.29) is 29.7 Å². The van der Waals surface area contributed by atoms with Crippen LogP contribution in [0, 0.1) is 0 Å². The molecule has 4 aliphatic rings. The molecule has 4 fully saturated rings. The molecule has 2 aromatic carbocycles. The maximum atomic E-state index is 12.6. The SMILES string of the molecule is CN1CCN([C@@H]2CCCN(c3cnc(C(N)=O)c(Nc4ccc(C5CCN(Cc6ccccc6N6CCC(=O)NC6=O)CC5)cc4)n3)C2)C1=O. The van der Waals surface area contributed by atoms with Gasteiger partial charge in [0.1, 0.15) is 5.82 Å². The maximum Gasteiger partial charge on any atom is 0.328 e. The normalized spacial score (nSPS) is 20.7. The van der Waals surface area contributed by atoms with E-state index in [0.29, 0.717) is 37.1 Å². The second-order valence-electron chi connectivity index (χ2n) is 13.6. The zero-order chi connectivity index (χ0) is 34.8. The second kappa shape index (κ2) is 14.3. The highest BCUT2D eigenvalue weighted by Crippen LogP contribution is 2.32. The van der Waals surface area contributed by atoms with Gasteiger partial charge in [0.25, 0.3) is 5.91 Å². The Balaban J connectivity index is 0.974. The molecule has 1 aromatic heterocycles. The third kappa shape index (κ3) is 7.06. The first-order valence-corrected chi connectivity index (χ1v) is 17.5. The van der Waals surface area contributed by atoms with Crippen molar-refractivity contribution in [2.75, 3.05) is 68.0 Å². The van der Waals surface area contributed by atoms with E-state index in [4.69, 9.17) is 10.7 Å². The van der Waals surface area contributed by atoms with E-state index in [0.717, 1.165) is 81.9 Å². The number of nitrogens with zero attached hydrogens (tertiary/aromatic N) is 7. The summed E-state index contributed by atoms with van der Waals surface area (Å²) in [4.78, 5) is 68.2. The number of anilines is 4. The standard InChI is InChI=1S/C36H44N10O4/c1-42-19-20-45(36(42)50)28-6-4-15-44(23-28)30-21-38-32(33(37)48)34(40-30)39-27-10-8-24(9-11-27)25-12-16-43(17-13-25)22-26-5-2-3-7-29(26)46-18-14-31(47)41-35(46)49/h2-3,5,7-11,21,25,28H,4,6,12-20,22-23H2,1H3,(H2,37,48)(H,39,40)(H,41,47,49)/t28-/m1/s1. The summed E-state index contributed by atoms with van der Waals surface area (Å²) < 4.78 is 0. The number of nitrogens with two attached hydrogens (primary N) is 1. The number of benzene rings is 2. The molecular formula is C36H44N10O4. The van der Waals surface area contributed by atoms with Gasteiger partial charge in [-0.3, -0.25) is 24.7 Å². The van der Waals surface area contributed by atoms with Gasteiger partial charge in [0.05, 0.1) is 12.2 Å². The fourth-order valence-corrected chi connectivity index (χ4v) is 7.57.